The topological polar surface area (TPSA) is 59.8 Å². The third-order valence-corrected chi connectivity index (χ3v) is 4.46. The van der Waals surface area contributed by atoms with E-state index in [1.165, 1.54) is 12.2 Å². The highest BCUT2D eigenvalue weighted by molar-refractivity contribution is 5.78. The molecule has 1 aliphatic heterocycles. The van der Waals surface area contributed by atoms with Crippen molar-refractivity contribution < 1.29 is 4.79 Å². The zero-order valence-electron chi connectivity index (χ0n) is 14.0. The highest BCUT2D eigenvalue weighted by Gasteiger charge is 2.14. The summed E-state index contributed by atoms with van der Waals surface area (Å²) in [7, 11) is 0. The fourth-order valence-electron chi connectivity index (χ4n) is 3.19. The number of hydrogen-bond donors (Lipinski definition) is 1. The van der Waals surface area contributed by atoms with Crippen LogP contribution in [0.5, 0.6) is 0 Å². The lowest BCUT2D eigenvalue weighted by Gasteiger charge is -2.07. The maximum atomic E-state index is 12.1. The van der Waals surface area contributed by atoms with Crippen molar-refractivity contribution in [2.45, 2.75) is 32.4 Å². The molecule has 2 aromatic heterocycles. The maximum Gasteiger partial charge on any atom is 0.224 e. The second kappa shape index (κ2) is 6.89. The zero-order valence-corrected chi connectivity index (χ0v) is 14.0. The smallest absolute Gasteiger partial charge is 0.224 e. The van der Waals surface area contributed by atoms with E-state index in [0.717, 1.165) is 35.3 Å². The second-order valence-electron chi connectivity index (χ2n) is 6.35. The van der Waals surface area contributed by atoms with Gasteiger partial charge in [0.1, 0.15) is 5.82 Å². The SMILES string of the molecule is O=C(Cc1cccnc1)NCc1cccc(-c2cn3c(n2)CCC3)c1. The normalized spacial score (nSPS) is 12.8. The Hall–Kier alpha value is -2.95. The Bertz CT molecular complexity index is 864. The number of pyridine rings is 1. The maximum absolute atomic E-state index is 12.1. The summed E-state index contributed by atoms with van der Waals surface area (Å²) in [6.45, 7) is 1.58. The average Bonchev–Trinajstić information content (AvgIpc) is 3.23. The van der Waals surface area contributed by atoms with Gasteiger partial charge in [-0.15, -0.1) is 0 Å². The van der Waals surface area contributed by atoms with Gasteiger partial charge in [0.05, 0.1) is 12.1 Å². The molecular formula is C20H20N4O. The monoisotopic (exact) mass is 332 g/mol. The largest absolute Gasteiger partial charge is 0.352 e. The molecule has 5 nitrogen and oxygen atoms in total. The number of rotatable bonds is 5. The van der Waals surface area contributed by atoms with Crippen LogP contribution < -0.4 is 5.32 Å². The quantitative estimate of drug-likeness (QED) is 0.781. The molecule has 0 spiro atoms. The molecule has 3 aromatic rings. The van der Waals surface area contributed by atoms with Gasteiger partial charge in [-0.25, -0.2) is 4.98 Å². The molecule has 5 heteroatoms. The summed E-state index contributed by atoms with van der Waals surface area (Å²) in [6.07, 6.45) is 8.15. The van der Waals surface area contributed by atoms with Crippen LogP contribution in [0.15, 0.2) is 55.0 Å². The van der Waals surface area contributed by atoms with Crippen molar-refractivity contribution in [3.63, 3.8) is 0 Å². The first-order chi connectivity index (χ1) is 12.3. The number of nitrogens with one attached hydrogen (secondary N) is 1. The van der Waals surface area contributed by atoms with Crippen LogP contribution in [0.25, 0.3) is 11.3 Å². The Labute approximate surface area is 146 Å². The summed E-state index contributed by atoms with van der Waals surface area (Å²) < 4.78 is 2.23. The molecule has 0 atom stereocenters. The van der Waals surface area contributed by atoms with Crippen LogP contribution in [0, 0.1) is 0 Å². The van der Waals surface area contributed by atoms with Gasteiger partial charge in [0.2, 0.25) is 5.91 Å². The molecule has 0 saturated heterocycles. The number of amides is 1. The lowest BCUT2D eigenvalue weighted by atomic mass is 10.1. The van der Waals surface area contributed by atoms with Crippen molar-refractivity contribution in [1.82, 2.24) is 19.9 Å². The Morgan fingerprint density at radius 3 is 2.96 bits per heavy atom. The molecule has 0 unspecified atom stereocenters. The molecule has 1 N–H and O–H groups in total. The lowest BCUT2D eigenvalue weighted by Crippen LogP contribution is -2.24. The highest BCUT2D eigenvalue weighted by atomic mass is 16.1. The molecule has 0 aliphatic carbocycles. The number of fused-ring (bicyclic) bond motifs is 1. The first kappa shape index (κ1) is 15.6. The van der Waals surface area contributed by atoms with E-state index in [4.69, 9.17) is 4.98 Å². The van der Waals surface area contributed by atoms with E-state index in [0.29, 0.717) is 13.0 Å². The molecule has 126 valence electrons. The molecule has 0 fully saturated rings. The van der Waals surface area contributed by atoms with Crippen molar-refractivity contribution in [1.29, 1.82) is 0 Å². The lowest BCUT2D eigenvalue weighted by molar-refractivity contribution is -0.120. The minimum atomic E-state index is -0.000582. The number of aromatic nitrogens is 3. The van der Waals surface area contributed by atoms with Crippen LogP contribution in [0.1, 0.15) is 23.4 Å². The predicted molar refractivity (Wildman–Crippen MR) is 95.8 cm³/mol. The Morgan fingerprint density at radius 1 is 1.20 bits per heavy atom. The van der Waals surface area contributed by atoms with Crippen molar-refractivity contribution in [3.8, 4) is 11.3 Å². The van der Waals surface area contributed by atoms with Crippen molar-refractivity contribution in [2.24, 2.45) is 0 Å². The summed E-state index contributed by atoms with van der Waals surface area (Å²) >= 11 is 0. The van der Waals surface area contributed by atoms with Gasteiger partial charge < -0.3 is 9.88 Å². The Kier molecular flexibility index (Phi) is 4.29. The third-order valence-electron chi connectivity index (χ3n) is 4.46. The second-order valence-corrected chi connectivity index (χ2v) is 6.35. The van der Waals surface area contributed by atoms with E-state index in [9.17, 15) is 4.79 Å². The van der Waals surface area contributed by atoms with Gasteiger partial charge in [-0.1, -0.05) is 24.3 Å². The number of benzene rings is 1. The third kappa shape index (κ3) is 3.60. The van der Waals surface area contributed by atoms with Gasteiger partial charge in [0, 0.05) is 43.7 Å². The minimum Gasteiger partial charge on any atom is -0.352 e. The van der Waals surface area contributed by atoms with Gasteiger partial charge in [-0.3, -0.25) is 9.78 Å². The first-order valence-corrected chi connectivity index (χ1v) is 8.59. The molecule has 1 aromatic carbocycles. The fourth-order valence-corrected chi connectivity index (χ4v) is 3.19. The number of aryl methyl sites for hydroxylation is 2. The zero-order chi connectivity index (χ0) is 17.1. The van der Waals surface area contributed by atoms with Crippen molar-refractivity contribution >= 4 is 5.91 Å². The summed E-state index contributed by atoms with van der Waals surface area (Å²) in [5.74, 6) is 1.17. The fraction of sp³-hybridized carbons (Fsp3) is 0.250. The highest BCUT2D eigenvalue weighted by Crippen LogP contribution is 2.23. The van der Waals surface area contributed by atoms with Gasteiger partial charge >= 0.3 is 0 Å². The summed E-state index contributed by atoms with van der Waals surface area (Å²) in [5, 5.41) is 2.97. The van der Waals surface area contributed by atoms with Crippen LogP contribution in [0.2, 0.25) is 0 Å². The van der Waals surface area contributed by atoms with Gasteiger partial charge in [0.25, 0.3) is 0 Å². The number of hydrogen-bond acceptors (Lipinski definition) is 3. The molecule has 0 saturated carbocycles. The van der Waals surface area contributed by atoms with Crippen LogP contribution in [0.4, 0.5) is 0 Å². The van der Waals surface area contributed by atoms with Crippen molar-refractivity contribution in [3.05, 3.63) is 71.9 Å². The van der Waals surface area contributed by atoms with E-state index in [-0.39, 0.29) is 5.91 Å². The number of nitrogens with zero attached hydrogens (tertiary/aromatic N) is 3. The van der Waals surface area contributed by atoms with E-state index in [2.05, 4.69) is 33.2 Å². The van der Waals surface area contributed by atoms with Gasteiger partial charge in [0.15, 0.2) is 0 Å². The molecule has 0 bridgehead atoms. The van der Waals surface area contributed by atoms with E-state index in [1.54, 1.807) is 12.4 Å². The molecule has 1 aliphatic rings. The van der Waals surface area contributed by atoms with E-state index < -0.39 is 0 Å². The molecule has 0 radical (unpaired) electrons. The summed E-state index contributed by atoms with van der Waals surface area (Å²) in [5.41, 5.74) is 4.10. The van der Waals surface area contributed by atoms with Gasteiger partial charge in [-0.05, 0) is 29.7 Å². The molecule has 25 heavy (non-hydrogen) atoms. The van der Waals surface area contributed by atoms with Crippen LogP contribution >= 0.6 is 0 Å². The van der Waals surface area contributed by atoms with Crippen LogP contribution in [0.3, 0.4) is 0 Å². The number of carbonyl (C=O) groups excluding carboxylic acids is 1. The number of carbonyl (C=O) groups is 1. The van der Waals surface area contributed by atoms with E-state index in [1.807, 2.05) is 24.3 Å². The summed E-state index contributed by atoms with van der Waals surface area (Å²) in [6, 6.07) is 12.0. The minimum absolute atomic E-state index is 0.000582. The first-order valence-electron chi connectivity index (χ1n) is 8.59. The molecular weight excluding hydrogens is 312 g/mol. The molecule has 1 amide bonds. The van der Waals surface area contributed by atoms with Crippen molar-refractivity contribution in [2.75, 3.05) is 0 Å². The Balaban J connectivity index is 1.40. The number of imidazole rings is 1. The Morgan fingerprint density at radius 2 is 2.12 bits per heavy atom. The average molecular weight is 332 g/mol. The molecule has 3 heterocycles. The van der Waals surface area contributed by atoms with Gasteiger partial charge in [-0.2, -0.15) is 0 Å². The predicted octanol–water partition coefficient (Wildman–Crippen LogP) is 2.75. The van der Waals surface area contributed by atoms with Crippen LogP contribution in [-0.4, -0.2) is 20.4 Å². The van der Waals surface area contributed by atoms with Crippen LogP contribution in [-0.2, 0) is 30.7 Å². The molecule has 4 rings (SSSR count). The van der Waals surface area contributed by atoms with E-state index >= 15 is 0 Å². The summed E-state index contributed by atoms with van der Waals surface area (Å²) in [4.78, 5) is 20.8. The standard InChI is InChI=1S/C20H20N4O/c25-20(11-16-5-2-8-21-12-16)22-13-15-4-1-6-17(10-15)18-14-24-9-3-7-19(24)23-18/h1-2,4-6,8,10,12,14H,3,7,9,11,13H2,(H,22,25).